The summed E-state index contributed by atoms with van der Waals surface area (Å²) in [5, 5.41) is 5.46. The monoisotopic (exact) mass is 451 g/mol. The molecule has 2 aromatic rings. The lowest BCUT2D eigenvalue weighted by atomic mass is 10.1. The molecule has 1 unspecified atom stereocenters. The average Bonchev–Trinajstić information content (AvgIpc) is 2.72. The van der Waals surface area contributed by atoms with E-state index in [0.29, 0.717) is 18.7 Å². The number of nitrogens with one attached hydrogen (secondary N) is 2. The maximum atomic E-state index is 13.1. The minimum atomic E-state index is -3.81. The fourth-order valence-electron chi connectivity index (χ4n) is 3.40. The number of amides is 2. The number of sulfone groups is 1. The molecule has 2 N–H and O–H groups in total. The van der Waals surface area contributed by atoms with Gasteiger partial charge in [-0.15, -0.1) is 0 Å². The average molecular weight is 452 g/mol. The summed E-state index contributed by atoms with van der Waals surface area (Å²) in [5.41, 5.74) is 0.647. The lowest BCUT2D eigenvalue weighted by Gasteiger charge is -2.34. The molecule has 0 aromatic heterocycles. The highest BCUT2D eigenvalue weighted by atomic mass is 32.2. The lowest BCUT2D eigenvalue weighted by Crippen LogP contribution is -2.49. The van der Waals surface area contributed by atoms with Gasteiger partial charge in [0.15, 0.2) is 9.84 Å². The summed E-state index contributed by atoms with van der Waals surface area (Å²) in [6, 6.07) is 13.4. The van der Waals surface area contributed by atoms with E-state index in [4.69, 9.17) is 0 Å². The van der Waals surface area contributed by atoms with Gasteiger partial charge in [0, 0.05) is 31.1 Å². The highest BCUT2D eigenvalue weighted by Crippen LogP contribution is 2.26. The number of anilines is 1. The molecule has 162 valence electrons. The largest absolute Gasteiger partial charge is 0.336 e. The van der Waals surface area contributed by atoms with Crippen molar-refractivity contribution in [1.29, 1.82) is 0 Å². The molecular formula is C20H25N3O5S2. The predicted octanol–water partition coefficient (Wildman–Crippen LogP) is 2.46. The summed E-state index contributed by atoms with van der Waals surface area (Å²) in [4.78, 5) is 12.3. The van der Waals surface area contributed by atoms with E-state index in [0.717, 1.165) is 19.1 Å². The van der Waals surface area contributed by atoms with Crippen LogP contribution < -0.4 is 10.6 Å². The summed E-state index contributed by atoms with van der Waals surface area (Å²) >= 11 is 0. The third kappa shape index (κ3) is 5.38. The number of para-hydroxylation sites is 1. The summed E-state index contributed by atoms with van der Waals surface area (Å²) < 4.78 is 50.9. The zero-order valence-corrected chi connectivity index (χ0v) is 18.2. The Labute approximate surface area is 177 Å². The van der Waals surface area contributed by atoms with Gasteiger partial charge in [0.2, 0.25) is 10.0 Å². The first-order valence-corrected chi connectivity index (χ1v) is 12.9. The van der Waals surface area contributed by atoms with E-state index in [1.54, 1.807) is 24.3 Å². The molecule has 1 fully saturated rings. The van der Waals surface area contributed by atoms with Crippen molar-refractivity contribution in [2.75, 3.05) is 24.7 Å². The van der Waals surface area contributed by atoms with Crippen LogP contribution in [-0.2, 0) is 19.9 Å². The fourth-order valence-corrected chi connectivity index (χ4v) is 5.72. The Bertz CT molecular complexity index is 1090. The molecule has 0 bridgehead atoms. The molecule has 0 radical (unpaired) electrons. The normalized spacial score (nSPS) is 18.0. The maximum absolute atomic E-state index is 13.1. The van der Waals surface area contributed by atoms with Crippen LogP contribution >= 0.6 is 0 Å². The van der Waals surface area contributed by atoms with E-state index in [-0.39, 0.29) is 22.4 Å². The van der Waals surface area contributed by atoms with E-state index >= 15 is 0 Å². The molecule has 10 heteroatoms. The molecule has 2 amide bonds. The molecule has 8 nitrogen and oxygen atoms in total. The van der Waals surface area contributed by atoms with Crippen molar-refractivity contribution in [2.45, 2.75) is 35.1 Å². The van der Waals surface area contributed by atoms with E-state index < -0.39 is 25.9 Å². The first kappa shape index (κ1) is 22.3. The molecule has 1 aliphatic rings. The highest BCUT2D eigenvalue weighted by Gasteiger charge is 2.33. The molecule has 2 aromatic carbocycles. The van der Waals surface area contributed by atoms with Gasteiger partial charge < -0.3 is 10.6 Å². The Morgan fingerprint density at radius 1 is 0.967 bits per heavy atom. The second-order valence-corrected chi connectivity index (χ2v) is 11.1. The number of piperidine rings is 1. The van der Waals surface area contributed by atoms with Gasteiger partial charge in [-0.1, -0.05) is 24.6 Å². The van der Waals surface area contributed by atoms with E-state index in [1.165, 1.54) is 28.6 Å². The van der Waals surface area contributed by atoms with E-state index in [9.17, 15) is 21.6 Å². The molecule has 1 atom stereocenters. The molecule has 30 heavy (non-hydrogen) atoms. The maximum Gasteiger partial charge on any atom is 0.319 e. The van der Waals surface area contributed by atoms with Gasteiger partial charge in [-0.05, 0) is 49.2 Å². The third-order valence-electron chi connectivity index (χ3n) is 4.96. The van der Waals surface area contributed by atoms with Crippen LogP contribution in [0.5, 0.6) is 0 Å². The highest BCUT2D eigenvalue weighted by molar-refractivity contribution is 7.90. The number of rotatable bonds is 6. The smallest absolute Gasteiger partial charge is 0.319 e. The topological polar surface area (TPSA) is 113 Å². The van der Waals surface area contributed by atoms with Crippen molar-refractivity contribution in [3.05, 3.63) is 54.6 Å². The lowest BCUT2D eigenvalue weighted by molar-refractivity contribution is 0.231. The van der Waals surface area contributed by atoms with E-state index in [2.05, 4.69) is 10.6 Å². The molecule has 3 rings (SSSR count). The molecule has 0 spiro atoms. The number of carbonyl (C=O) groups excluding carboxylic acids is 1. The summed E-state index contributed by atoms with van der Waals surface area (Å²) in [6.45, 7) is 0.530. The first-order valence-electron chi connectivity index (χ1n) is 9.60. The van der Waals surface area contributed by atoms with Crippen LogP contribution in [0.15, 0.2) is 64.4 Å². The SMILES string of the molecule is CS(=O)(=O)c1ccc(S(=O)(=O)N2CCCCC2CNC(=O)Nc2ccccc2)cc1. The van der Waals surface area contributed by atoms with Crippen molar-refractivity contribution in [3.8, 4) is 0 Å². The predicted molar refractivity (Wildman–Crippen MR) is 115 cm³/mol. The minimum Gasteiger partial charge on any atom is -0.336 e. The Balaban J connectivity index is 1.70. The summed E-state index contributed by atoms with van der Waals surface area (Å²) in [7, 11) is -7.22. The van der Waals surface area contributed by atoms with Gasteiger partial charge in [-0.25, -0.2) is 21.6 Å². The molecule has 1 saturated heterocycles. The van der Waals surface area contributed by atoms with Crippen LogP contribution in [0.25, 0.3) is 0 Å². The number of hydrogen-bond acceptors (Lipinski definition) is 5. The zero-order chi connectivity index (χ0) is 21.8. The zero-order valence-electron chi connectivity index (χ0n) is 16.6. The summed E-state index contributed by atoms with van der Waals surface area (Å²) in [5.74, 6) is 0. The molecule has 1 aliphatic heterocycles. The number of sulfonamides is 1. The van der Waals surface area contributed by atoms with Crippen LogP contribution in [0.2, 0.25) is 0 Å². The van der Waals surface area contributed by atoms with Crippen molar-refractivity contribution in [3.63, 3.8) is 0 Å². The number of urea groups is 1. The fraction of sp³-hybridized carbons (Fsp3) is 0.350. The molecule has 0 aliphatic carbocycles. The number of carbonyl (C=O) groups is 1. The second kappa shape index (κ2) is 9.15. The van der Waals surface area contributed by atoms with Crippen LogP contribution in [-0.4, -0.2) is 52.6 Å². The first-order chi connectivity index (χ1) is 14.2. The van der Waals surface area contributed by atoms with Gasteiger partial charge in [0.25, 0.3) is 0 Å². The summed E-state index contributed by atoms with van der Waals surface area (Å²) in [6.07, 6.45) is 3.30. The number of hydrogen-bond donors (Lipinski definition) is 2. The van der Waals surface area contributed by atoms with Crippen molar-refractivity contribution < 1.29 is 21.6 Å². The van der Waals surface area contributed by atoms with Crippen LogP contribution in [0, 0.1) is 0 Å². The van der Waals surface area contributed by atoms with Crippen molar-refractivity contribution >= 4 is 31.6 Å². The van der Waals surface area contributed by atoms with Crippen LogP contribution in [0.1, 0.15) is 19.3 Å². The van der Waals surface area contributed by atoms with Gasteiger partial charge in [-0.2, -0.15) is 4.31 Å². The van der Waals surface area contributed by atoms with Gasteiger partial charge in [0.1, 0.15) is 0 Å². The second-order valence-electron chi connectivity index (χ2n) is 7.21. The van der Waals surface area contributed by atoms with Crippen LogP contribution in [0.4, 0.5) is 10.5 Å². The van der Waals surface area contributed by atoms with Gasteiger partial charge >= 0.3 is 6.03 Å². The molecule has 0 saturated carbocycles. The standard InChI is InChI=1S/C20H25N3O5S2/c1-29(25,26)18-10-12-19(13-11-18)30(27,28)23-14-6-5-9-17(23)15-21-20(24)22-16-7-3-2-4-8-16/h2-4,7-8,10-13,17H,5-6,9,14-15H2,1H3,(H2,21,22,24). The Morgan fingerprint density at radius 3 is 2.23 bits per heavy atom. The number of nitrogens with zero attached hydrogens (tertiary/aromatic N) is 1. The Morgan fingerprint density at radius 2 is 1.60 bits per heavy atom. The van der Waals surface area contributed by atoms with E-state index in [1.807, 2.05) is 6.07 Å². The molecular weight excluding hydrogens is 426 g/mol. The van der Waals surface area contributed by atoms with Gasteiger partial charge in [0.05, 0.1) is 9.79 Å². The minimum absolute atomic E-state index is 0.0375. The third-order valence-corrected chi connectivity index (χ3v) is 8.06. The number of benzene rings is 2. The van der Waals surface area contributed by atoms with Crippen molar-refractivity contribution in [2.24, 2.45) is 0 Å². The Kier molecular flexibility index (Phi) is 6.79. The van der Waals surface area contributed by atoms with Crippen molar-refractivity contribution in [1.82, 2.24) is 9.62 Å². The Hall–Kier alpha value is -2.43. The van der Waals surface area contributed by atoms with Crippen LogP contribution in [0.3, 0.4) is 0 Å². The quantitative estimate of drug-likeness (QED) is 0.701. The van der Waals surface area contributed by atoms with Gasteiger partial charge in [-0.3, -0.25) is 0 Å². The molecule has 1 heterocycles.